The van der Waals surface area contributed by atoms with Gasteiger partial charge in [-0.3, -0.25) is 28.8 Å². The third-order valence-electron chi connectivity index (χ3n) is 15.1. The molecule has 444 valence electrons. The van der Waals surface area contributed by atoms with Crippen LogP contribution in [-0.4, -0.2) is 82.0 Å². The first-order chi connectivity index (χ1) is 37.0. The summed E-state index contributed by atoms with van der Waals surface area (Å²) in [6, 6.07) is 14.6. The quantitative estimate of drug-likeness (QED) is 0.0389. The van der Waals surface area contributed by atoms with Gasteiger partial charge >= 0.3 is 11.9 Å². The summed E-state index contributed by atoms with van der Waals surface area (Å²) < 4.78 is 55.0. The molecule has 0 N–H and O–H groups in total. The van der Waals surface area contributed by atoms with Crippen molar-refractivity contribution in [3.63, 3.8) is 0 Å². The average molecular weight is 1150 g/mol. The summed E-state index contributed by atoms with van der Waals surface area (Å²) in [5.41, 5.74) is 3.20. The van der Waals surface area contributed by atoms with Gasteiger partial charge in [-0.1, -0.05) is 84.6 Å². The Morgan fingerprint density at radius 1 is 0.358 bits per heavy atom. The van der Waals surface area contributed by atoms with E-state index in [-0.39, 0.29) is 40.9 Å². The van der Waals surface area contributed by atoms with Crippen LogP contribution in [0.2, 0.25) is 0 Å². The highest BCUT2D eigenvalue weighted by molar-refractivity contribution is 7.95. The first-order valence-corrected chi connectivity index (χ1v) is 32.2. The maximum atomic E-state index is 15.1. The Morgan fingerprint density at radius 2 is 0.568 bits per heavy atom. The fourth-order valence-electron chi connectivity index (χ4n) is 12.3. The number of hydrogen-bond donors (Lipinski definition) is 0. The number of ether oxygens (including phenoxy) is 4. The Balaban J connectivity index is 1.34. The summed E-state index contributed by atoms with van der Waals surface area (Å²) in [4.78, 5) is 84.9. The second-order valence-electron chi connectivity index (χ2n) is 26.4. The number of carbonyl (C=O) groups excluding carboxylic acids is 6. The average Bonchev–Trinajstić information content (AvgIpc) is 3.27. The third-order valence-corrected chi connectivity index (χ3v) is 20.3. The Kier molecular flexibility index (Phi) is 22.1. The number of carbonyl (C=O) groups is 6. The van der Waals surface area contributed by atoms with Crippen molar-refractivity contribution in [2.45, 2.75) is 213 Å². The van der Waals surface area contributed by atoms with Crippen LogP contribution in [0, 0.1) is 88.5 Å². The van der Waals surface area contributed by atoms with Gasteiger partial charge in [-0.2, -0.15) is 0 Å². The molecule has 4 aromatic carbocycles. The van der Waals surface area contributed by atoms with E-state index < -0.39 is 95.9 Å². The van der Waals surface area contributed by atoms with Gasteiger partial charge in [0.05, 0.1) is 37.3 Å². The van der Waals surface area contributed by atoms with Gasteiger partial charge in [-0.25, -0.2) is 0 Å². The SMILES string of the molecule is Cc1cc(C)c(C(=O)P(=O)(CCC(=O)OC(C)(C)CCOC(C)(C)CC(C)(C)CC(C)(C)OCCC(C)(C)OC(=O)CCP(=O)(C(=O)c2c(C)cc(C)cc2C)C(=O)c2c(C)cc(C)cc2C)C(=O)c2c(C)cc(C)cc2C)c(C)c1. The van der Waals surface area contributed by atoms with Crippen LogP contribution in [0.1, 0.15) is 216 Å². The molecular formula is C67H94O12P2. The minimum absolute atomic E-state index is 0.243. The lowest BCUT2D eigenvalue weighted by molar-refractivity contribution is -0.159. The normalized spacial score (nSPS) is 12.8. The van der Waals surface area contributed by atoms with Crippen LogP contribution in [0.5, 0.6) is 0 Å². The van der Waals surface area contributed by atoms with Gasteiger partial charge in [0.25, 0.3) is 0 Å². The van der Waals surface area contributed by atoms with E-state index in [1.165, 1.54) is 0 Å². The molecule has 0 heterocycles. The summed E-state index contributed by atoms with van der Waals surface area (Å²) in [6.07, 6.45) is 0.251. The fraction of sp³-hybridized carbons (Fsp3) is 0.552. The van der Waals surface area contributed by atoms with Crippen molar-refractivity contribution in [1.29, 1.82) is 0 Å². The Bertz CT molecular complexity index is 2740. The van der Waals surface area contributed by atoms with Crippen molar-refractivity contribution in [3.8, 4) is 0 Å². The minimum Gasteiger partial charge on any atom is -0.460 e. The maximum Gasteiger partial charge on any atom is 0.306 e. The van der Waals surface area contributed by atoms with Gasteiger partial charge < -0.3 is 28.1 Å². The molecule has 0 bridgehead atoms. The Hall–Kier alpha value is -5.12. The van der Waals surface area contributed by atoms with Gasteiger partial charge in [0.15, 0.2) is 0 Å². The molecule has 4 rings (SSSR count). The van der Waals surface area contributed by atoms with E-state index in [1.54, 1.807) is 83.1 Å². The summed E-state index contributed by atoms with van der Waals surface area (Å²) in [5.74, 6) is -1.34. The molecule has 0 aliphatic rings. The third kappa shape index (κ3) is 17.9. The molecule has 0 saturated carbocycles. The molecule has 4 aromatic rings. The Labute approximate surface area is 484 Å². The van der Waals surface area contributed by atoms with Crippen LogP contribution in [0.25, 0.3) is 0 Å². The van der Waals surface area contributed by atoms with Gasteiger partial charge in [-0.15, -0.1) is 0 Å². The molecule has 0 aliphatic carbocycles. The highest BCUT2D eigenvalue weighted by Crippen LogP contribution is 2.56. The molecule has 0 radical (unpaired) electrons. The van der Waals surface area contributed by atoms with Crippen molar-refractivity contribution in [3.05, 3.63) is 138 Å². The van der Waals surface area contributed by atoms with Crippen molar-refractivity contribution >= 4 is 48.3 Å². The van der Waals surface area contributed by atoms with Crippen LogP contribution < -0.4 is 0 Å². The summed E-state index contributed by atoms with van der Waals surface area (Å²) in [6.45, 7) is 41.7. The molecule has 0 spiro atoms. The number of aryl methyl sites for hydroxylation is 12. The van der Waals surface area contributed by atoms with E-state index in [9.17, 15) is 28.8 Å². The fourth-order valence-corrected chi connectivity index (χ4v) is 17.3. The van der Waals surface area contributed by atoms with Gasteiger partial charge in [0, 0.05) is 47.4 Å². The first kappa shape index (κ1) is 68.4. The van der Waals surface area contributed by atoms with Crippen LogP contribution >= 0.6 is 14.3 Å². The van der Waals surface area contributed by atoms with Crippen LogP contribution in [0.3, 0.4) is 0 Å². The first-order valence-electron chi connectivity index (χ1n) is 28.4. The molecule has 12 nitrogen and oxygen atoms in total. The standard InChI is InChI=1S/C67H94O12P2/c1-41-31-45(5)55(46(6)32-41)59(70)80(74,60(71)56-47(7)33-42(2)34-48(56)8)29-23-53(68)78-64(15,16)25-27-76-66(19,20)39-63(13,14)40-67(21,22)77-28-26-65(17,18)79-54(69)24-30-81(75,61(72)57-49(9)35-43(3)36-50(57)10)62(73)58-51(11)37-44(4)38-52(58)12/h31-38H,23-30,39-40H2,1-22H3. The molecular weight excluding hydrogens is 1060 g/mol. The number of rotatable bonds is 28. The number of hydrogen-bond acceptors (Lipinski definition) is 12. The van der Waals surface area contributed by atoms with Crippen molar-refractivity contribution < 1.29 is 56.8 Å². The predicted octanol–water partition coefficient (Wildman–Crippen LogP) is 16.4. The topological polar surface area (TPSA) is 173 Å². The van der Waals surface area contributed by atoms with E-state index in [1.807, 2.05) is 104 Å². The lowest BCUT2D eigenvalue weighted by Gasteiger charge is -2.40. The molecule has 14 heteroatoms. The van der Waals surface area contributed by atoms with E-state index in [4.69, 9.17) is 18.9 Å². The molecule has 0 saturated heterocycles. The number of esters is 2. The van der Waals surface area contributed by atoms with Crippen molar-refractivity contribution in [2.24, 2.45) is 5.41 Å². The predicted molar refractivity (Wildman–Crippen MR) is 327 cm³/mol. The van der Waals surface area contributed by atoms with Crippen LogP contribution in [0.15, 0.2) is 48.5 Å². The smallest absolute Gasteiger partial charge is 0.306 e. The molecule has 0 aromatic heterocycles. The molecule has 0 atom stereocenters. The van der Waals surface area contributed by atoms with Gasteiger partial charge in [0.1, 0.15) is 11.2 Å². The highest BCUT2D eigenvalue weighted by atomic mass is 31.2. The van der Waals surface area contributed by atoms with E-state index in [0.717, 1.165) is 22.3 Å². The van der Waals surface area contributed by atoms with E-state index in [0.29, 0.717) is 70.2 Å². The molecule has 0 amide bonds. The Morgan fingerprint density at radius 3 is 0.778 bits per heavy atom. The zero-order valence-corrected chi connectivity index (χ0v) is 54.8. The zero-order valence-electron chi connectivity index (χ0n) is 53.0. The highest BCUT2D eigenvalue weighted by Gasteiger charge is 2.46. The van der Waals surface area contributed by atoms with Crippen LogP contribution in [0.4, 0.5) is 0 Å². The van der Waals surface area contributed by atoms with Gasteiger partial charge in [0.2, 0.25) is 36.4 Å². The maximum absolute atomic E-state index is 15.1. The van der Waals surface area contributed by atoms with Gasteiger partial charge in [-0.05, 0) is 201 Å². The lowest BCUT2D eigenvalue weighted by atomic mass is 9.74. The molecule has 0 fully saturated rings. The monoisotopic (exact) mass is 1150 g/mol. The largest absolute Gasteiger partial charge is 0.460 e. The second kappa shape index (κ2) is 26.2. The van der Waals surface area contributed by atoms with Crippen molar-refractivity contribution in [1.82, 2.24) is 0 Å². The molecule has 81 heavy (non-hydrogen) atoms. The van der Waals surface area contributed by atoms with Crippen molar-refractivity contribution in [2.75, 3.05) is 25.5 Å². The number of benzene rings is 4. The zero-order chi connectivity index (χ0) is 61.8. The summed E-state index contributed by atoms with van der Waals surface area (Å²) in [7, 11) is -8.78. The second-order valence-corrected chi connectivity index (χ2v) is 31.9. The van der Waals surface area contributed by atoms with E-state index in [2.05, 4.69) is 13.8 Å². The van der Waals surface area contributed by atoms with Crippen LogP contribution in [-0.2, 0) is 37.7 Å². The summed E-state index contributed by atoms with van der Waals surface area (Å²) >= 11 is 0. The lowest BCUT2D eigenvalue weighted by Crippen LogP contribution is -2.39. The molecule has 0 unspecified atom stereocenters. The minimum atomic E-state index is -4.39. The van der Waals surface area contributed by atoms with E-state index >= 15 is 9.13 Å². The molecule has 0 aliphatic heterocycles. The summed E-state index contributed by atoms with van der Waals surface area (Å²) in [5, 5.41) is 0.